The number of nitrogens with one attached hydrogen (secondary N) is 1. The Labute approximate surface area is 163 Å². The minimum atomic E-state index is -0.252. The molecule has 0 spiro atoms. The predicted molar refractivity (Wildman–Crippen MR) is 106 cm³/mol. The number of ether oxygens (including phenoxy) is 2. The largest absolute Gasteiger partial charge is 0.454 e. The van der Waals surface area contributed by atoms with E-state index in [2.05, 4.69) is 10.2 Å². The van der Waals surface area contributed by atoms with Gasteiger partial charge in [-0.2, -0.15) is 0 Å². The van der Waals surface area contributed by atoms with Gasteiger partial charge >= 0.3 is 0 Å². The zero-order chi connectivity index (χ0) is 19.0. The van der Waals surface area contributed by atoms with E-state index in [0.29, 0.717) is 37.7 Å². The first-order valence-electron chi connectivity index (χ1n) is 7.83. The van der Waals surface area contributed by atoms with Gasteiger partial charge in [0.2, 0.25) is 18.3 Å². The first-order valence-corrected chi connectivity index (χ1v) is 9.03. The van der Waals surface area contributed by atoms with Gasteiger partial charge in [-0.05, 0) is 36.4 Å². The SMILES string of the molecule is [C-]#[N+]c1c(Nc2ccc3c(c2)OCO3)sc(C(=O)c2ccc(Cl)cc2)c1N. The van der Waals surface area contributed by atoms with E-state index in [9.17, 15) is 4.79 Å². The number of carbonyl (C=O) groups excluding carboxylic acids is 1. The van der Waals surface area contributed by atoms with Crippen molar-refractivity contribution in [3.63, 3.8) is 0 Å². The maximum absolute atomic E-state index is 12.8. The van der Waals surface area contributed by atoms with Crippen LogP contribution in [0.2, 0.25) is 5.02 Å². The minimum absolute atomic E-state index is 0.165. The molecular weight excluding hydrogens is 386 g/mol. The second-order valence-corrected chi connectivity index (χ2v) is 7.12. The molecule has 0 amide bonds. The second kappa shape index (κ2) is 6.83. The fraction of sp³-hybridized carbons (Fsp3) is 0.0526. The highest BCUT2D eigenvalue weighted by atomic mass is 35.5. The molecule has 3 aromatic rings. The van der Waals surface area contributed by atoms with Gasteiger partial charge in [0.1, 0.15) is 5.00 Å². The fourth-order valence-electron chi connectivity index (χ4n) is 2.64. The molecule has 2 aromatic carbocycles. The number of ketones is 1. The number of halogens is 1. The van der Waals surface area contributed by atoms with Crippen molar-refractivity contribution in [2.24, 2.45) is 0 Å². The van der Waals surface area contributed by atoms with Crippen molar-refractivity contribution in [3.8, 4) is 11.5 Å². The molecule has 0 unspecified atom stereocenters. The number of thiophene rings is 1. The van der Waals surface area contributed by atoms with Crippen LogP contribution in [0.4, 0.5) is 22.1 Å². The van der Waals surface area contributed by atoms with Crippen molar-refractivity contribution in [2.75, 3.05) is 17.8 Å². The molecule has 6 nitrogen and oxygen atoms in total. The molecule has 4 rings (SSSR count). The highest BCUT2D eigenvalue weighted by Gasteiger charge is 2.23. The highest BCUT2D eigenvalue weighted by molar-refractivity contribution is 7.19. The van der Waals surface area contributed by atoms with Gasteiger partial charge in [0, 0.05) is 22.3 Å². The smallest absolute Gasteiger partial charge is 0.243 e. The zero-order valence-electron chi connectivity index (χ0n) is 13.8. The summed E-state index contributed by atoms with van der Waals surface area (Å²) in [6.45, 7) is 7.62. The Balaban J connectivity index is 1.68. The molecule has 1 aromatic heterocycles. The average Bonchev–Trinajstić information content (AvgIpc) is 3.25. The molecule has 0 bridgehead atoms. The molecule has 0 saturated carbocycles. The van der Waals surface area contributed by atoms with Crippen LogP contribution in [0.3, 0.4) is 0 Å². The highest BCUT2D eigenvalue weighted by Crippen LogP contribution is 2.45. The lowest BCUT2D eigenvalue weighted by Crippen LogP contribution is -2.01. The molecule has 2 heterocycles. The summed E-state index contributed by atoms with van der Waals surface area (Å²) in [6, 6.07) is 11.9. The van der Waals surface area contributed by atoms with Crippen molar-refractivity contribution in [3.05, 3.63) is 69.3 Å². The first-order chi connectivity index (χ1) is 13.1. The van der Waals surface area contributed by atoms with Crippen LogP contribution < -0.4 is 20.5 Å². The maximum atomic E-state index is 12.8. The average molecular weight is 398 g/mol. The number of carbonyl (C=O) groups is 1. The van der Waals surface area contributed by atoms with E-state index in [4.69, 9.17) is 33.4 Å². The number of hydrogen-bond donors (Lipinski definition) is 2. The van der Waals surface area contributed by atoms with E-state index in [1.54, 1.807) is 42.5 Å². The molecule has 27 heavy (non-hydrogen) atoms. The zero-order valence-corrected chi connectivity index (χ0v) is 15.4. The van der Waals surface area contributed by atoms with Crippen LogP contribution in [-0.2, 0) is 0 Å². The number of nitrogens with two attached hydrogens (primary N) is 1. The van der Waals surface area contributed by atoms with Gasteiger partial charge < -0.3 is 20.5 Å². The Morgan fingerprint density at radius 3 is 2.67 bits per heavy atom. The molecule has 1 aliphatic heterocycles. The topological polar surface area (TPSA) is 77.9 Å². The molecular formula is C19H12ClN3O3S. The van der Waals surface area contributed by atoms with Gasteiger partial charge in [0.05, 0.1) is 17.1 Å². The Hall–Kier alpha value is -3.21. The summed E-state index contributed by atoms with van der Waals surface area (Å²) in [4.78, 5) is 16.6. The van der Waals surface area contributed by atoms with E-state index >= 15 is 0 Å². The third-order valence-corrected chi connectivity index (χ3v) is 5.33. The maximum Gasteiger partial charge on any atom is 0.243 e. The number of nitrogens with zero attached hydrogens (tertiary/aromatic N) is 1. The Morgan fingerprint density at radius 1 is 1.19 bits per heavy atom. The summed E-state index contributed by atoms with van der Waals surface area (Å²) in [5.74, 6) is 1.03. The van der Waals surface area contributed by atoms with Gasteiger partial charge in [-0.1, -0.05) is 11.6 Å². The van der Waals surface area contributed by atoms with Gasteiger partial charge in [-0.15, -0.1) is 11.3 Å². The quantitative estimate of drug-likeness (QED) is 0.465. The van der Waals surface area contributed by atoms with E-state index in [-0.39, 0.29) is 24.0 Å². The number of fused-ring (bicyclic) bond motifs is 1. The molecule has 8 heteroatoms. The van der Waals surface area contributed by atoms with Gasteiger partial charge in [-0.3, -0.25) is 4.79 Å². The number of anilines is 3. The van der Waals surface area contributed by atoms with E-state index < -0.39 is 0 Å². The lowest BCUT2D eigenvalue weighted by Gasteiger charge is -2.05. The van der Waals surface area contributed by atoms with Crippen LogP contribution in [0.25, 0.3) is 4.85 Å². The van der Waals surface area contributed by atoms with Crippen LogP contribution in [0.15, 0.2) is 42.5 Å². The number of nitrogen functional groups attached to an aromatic ring is 1. The third kappa shape index (κ3) is 3.16. The Morgan fingerprint density at radius 2 is 1.93 bits per heavy atom. The van der Waals surface area contributed by atoms with Crippen LogP contribution >= 0.6 is 22.9 Å². The van der Waals surface area contributed by atoms with Crippen molar-refractivity contribution in [1.29, 1.82) is 0 Å². The monoisotopic (exact) mass is 397 g/mol. The van der Waals surface area contributed by atoms with Gasteiger partial charge in [-0.25, -0.2) is 4.85 Å². The summed E-state index contributed by atoms with van der Waals surface area (Å²) >= 11 is 7.02. The molecule has 0 atom stereocenters. The summed E-state index contributed by atoms with van der Waals surface area (Å²) in [6.07, 6.45) is 0. The second-order valence-electron chi connectivity index (χ2n) is 5.66. The number of benzene rings is 2. The van der Waals surface area contributed by atoms with Crippen molar-refractivity contribution < 1.29 is 14.3 Å². The van der Waals surface area contributed by atoms with Gasteiger partial charge in [0.15, 0.2) is 11.5 Å². The van der Waals surface area contributed by atoms with Crippen molar-refractivity contribution in [1.82, 2.24) is 0 Å². The summed E-state index contributed by atoms with van der Waals surface area (Å²) in [5.41, 5.74) is 7.64. The third-order valence-electron chi connectivity index (χ3n) is 3.97. The molecule has 3 N–H and O–H groups in total. The fourth-order valence-corrected chi connectivity index (χ4v) is 3.81. The van der Waals surface area contributed by atoms with Crippen LogP contribution in [0.1, 0.15) is 15.2 Å². The van der Waals surface area contributed by atoms with E-state index in [1.165, 1.54) is 0 Å². The van der Waals surface area contributed by atoms with Crippen LogP contribution in [0.5, 0.6) is 11.5 Å². The van der Waals surface area contributed by atoms with E-state index in [0.717, 1.165) is 11.3 Å². The molecule has 1 aliphatic rings. The number of rotatable bonds is 4. The molecule has 0 fully saturated rings. The van der Waals surface area contributed by atoms with Crippen molar-refractivity contribution in [2.45, 2.75) is 0 Å². The Kier molecular flexibility index (Phi) is 4.36. The summed E-state index contributed by atoms with van der Waals surface area (Å²) in [7, 11) is 0. The molecule has 134 valence electrons. The lowest BCUT2D eigenvalue weighted by atomic mass is 10.1. The minimum Gasteiger partial charge on any atom is -0.454 e. The lowest BCUT2D eigenvalue weighted by molar-refractivity contribution is 0.104. The summed E-state index contributed by atoms with van der Waals surface area (Å²) in [5, 5.41) is 4.18. The van der Waals surface area contributed by atoms with Crippen LogP contribution in [0, 0.1) is 6.57 Å². The standard InChI is InChI=1S/C19H12ClN3O3S/c1-22-16-15(21)18(17(24)10-2-4-11(20)5-3-10)27-19(16)23-12-6-7-13-14(8-12)26-9-25-13/h2-8,23H,9,21H2. The van der Waals surface area contributed by atoms with E-state index in [1.807, 2.05) is 0 Å². The normalized spacial score (nSPS) is 11.9. The molecule has 0 saturated heterocycles. The van der Waals surface area contributed by atoms with Gasteiger partial charge in [0.25, 0.3) is 0 Å². The van der Waals surface area contributed by atoms with Crippen molar-refractivity contribution >= 4 is 50.8 Å². The molecule has 0 radical (unpaired) electrons. The molecule has 0 aliphatic carbocycles. The summed E-state index contributed by atoms with van der Waals surface area (Å²) < 4.78 is 10.6. The first kappa shape index (κ1) is 17.2. The predicted octanol–water partition coefficient (Wildman–Crippen LogP) is 5.24. The van der Waals surface area contributed by atoms with Crippen LogP contribution in [-0.4, -0.2) is 12.6 Å². The Bertz CT molecular complexity index is 1090. The number of hydrogen-bond acceptors (Lipinski definition) is 6.